The molecule has 0 unspecified atom stereocenters. The minimum absolute atomic E-state index is 0.249. The van der Waals surface area contributed by atoms with E-state index >= 15 is 0 Å². The number of aromatic carboxylic acids is 1. The van der Waals surface area contributed by atoms with Crippen LogP contribution in [0.3, 0.4) is 0 Å². The van der Waals surface area contributed by atoms with E-state index in [0.717, 1.165) is 0 Å². The largest absolute Gasteiger partial charge is 0.477 e. The molecule has 2 rings (SSSR count). The van der Waals surface area contributed by atoms with Gasteiger partial charge in [0.1, 0.15) is 11.1 Å². The second-order valence-electron chi connectivity index (χ2n) is 3.54. The van der Waals surface area contributed by atoms with E-state index in [4.69, 9.17) is 14.6 Å². The van der Waals surface area contributed by atoms with Crippen LogP contribution in [0.5, 0.6) is 0 Å². The summed E-state index contributed by atoms with van der Waals surface area (Å²) in [5.41, 5.74) is -0.259. The van der Waals surface area contributed by atoms with Gasteiger partial charge in [-0.15, -0.1) is 0 Å². The number of carboxylic acids is 1. The topological polar surface area (TPSA) is 101 Å². The molecule has 17 heavy (non-hydrogen) atoms. The quantitative estimate of drug-likeness (QED) is 0.794. The number of hydrogen-bond acceptors (Lipinski definition) is 5. The lowest BCUT2D eigenvalue weighted by Gasteiger charge is -2.05. The van der Waals surface area contributed by atoms with Gasteiger partial charge in [-0.2, -0.15) is 0 Å². The average molecular weight is 235 g/mol. The van der Waals surface area contributed by atoms with Crippen molar-refractivity contribution < 1.29 is 19.4 Å². The van der Waals surface area contributed by atoms with Gasteiger partial charge in [0.25, 0.3) is 0 Å². The first kappa shape index (κ1) is 11.3. The van der Waals surface area contributed by atoms with Crippen LogP contribution in [-0.2, 0) is 6.61 Å². The van der Waals surface area contributed by atoms with Gasteiger partial charge in [0, 0.05) is 17.1 Å². The maximum atomic E-state index is 11.4. The van der Waals surface area contributed by atoms with Gasteiger partial charge in [0.15, 0.2) is 0 Å². The van der Waals surface area contributed by atoms with Gasteiger partial charge in [0.05, 0.1) is 12.3 Å². The van der Waals surface area contributed by atoms with Crippen LogP contribution in [0.15, 0.2) is 21.5 Å². The molecule has 0 aliphatic carbocycles. The van der Waals surface area contributed by atoms with Crippen molar-refractivity contribution in [2.75, 3.05) is 0 Å². The highest BCUT2D eigenvalue weighted by atomic mass is 16.4. The van der Waals surface area contributed by atoms with E-state index in [-0.39, 0.29) is 17.9 Å². The van der Waals surface area contributed by atoms with E-state index in [9.17, 15) is 9.59 Å². The summed E-state index contributed by atoms with van der Waals surface area (Å²) in [5.74, 6) is -1.37. The summed E-state index contributed by atoms with van der Waals surface area (Å²) in [6, 6.07) is 1.18. The maximum Gasteiger partial charge on any atom is 0.351 e. The summed E-state index contributed by atoms with van der Waals surface area (Å²) in [5, 5.41) is 18.2. The first-order chi connectivity index (χ1) is 8.04. The predicted molar refractivity (Wildman–Crippen MR) is 57.9 cm³/mol. The molecular formula is C11H9NO5. The Morgan fingerprint density at radius 3 is 2.82 bits per heavy atom. The lowest BCUT2D eigenvalue weighted by Crippen LogP contribution is -2.13. The lowest BCUT2D eigenvalue weighted by atomic mass is 10.1. The number of hydrogen-bond donors (Lipinski definition) is 2. The van der Waals surface area contributed by atoms with Crippen LogP contribution in [0.4, 0.5) is 0 Å². The van der Waals surface area contributed by atoms with Gasteiger partial charge in [-0.1, -0.05) is 0 Å². The molecule has 2 heterocycles. The third-order valence-electron chi connectivity index (χ3n) is 2.41. The number of aliphatic hydroxyl groups excluding tert-OH is 1. The molecule has 0 bridgehead atoms. The van der Waals surface area contributed by atoms with Gasteiger partial charge >= 0.3 is 11.6 Å². The number of fused-ring (bicyclic) bond motifs is 1. The zero-order valence-electron chi connectivity index (χ0n) is 8.93. The first-order valence-corrected chi connectivity index (χ1v) is 4.81. The fraction of sp³-hybridized carbons (Fsp3) is 0.182. The molecule has 0 fully saturated rings. The van der Waals surface area contributed by atoms with Crippen LogP contribution in [0.25, 0.3) is 11.0 Å². The Morgan fingerprint density at radius 2 is 2.24 bits per heavy atom. The Labute approximate surface area is 95.1 Å². The van der Waals surface area contributed by atoms with E-state index in [2.05, 4.69) is 4.98 Å². The number of pyridine rings is 1. The van der Waals surface area contributed by atoms with Crippen molar-refractivity contribution >= 4 is 16.9 Å². The van der Waals surface area contributed by atoms with Crippen molar-refractivity contribution in [3.05, 3.63) is 39.5 Å². The van der Waals surface area contributed by atoms with E-state index in [0.29, 0.717) is 10.9 Å². The second-order valence-corrected chi connectivity index (χ2v) is 3.54. The molecule has 0 atom stereocenters. The Morgan fingerprint density at radius 1 is 1.53 bits per heavy atom. The third kappa shape index (κ3) is 1.78. The molecule has 0 radical (unpaired) electrons. The average Bonchev–Trinajstić information content (AvgIpc) is 2.29. The Balaban J connectivity index is 2.92. The van der Waals surface area contributed by atoms with Gasteiger partial charge in [-0.25, -0.2) is 9.59 Å². The Kier molecular flexibility index (Phi) is 2.64. The van der Waals surface area contributed by atoms with Crippen molar-refractivity contribution in [1.82, 2.24) is 4.98 Å². The molecule has 0 amide bonds. The standard InChI is InChI=1S/C11H9NO5/c1-5-3-12-8(4-13)6-2-7(10(14)15)11(16)17-9(5)6/h2-3,13H,4H2,1H3,(H,14,15). The molecule has 0 aromatic carbocycles. The maximum absolute atomic E-state index is 11.4. The van der Waals surface area contributed by atoms with Crippen molar-refractivity contribution in [3.63, 3.8) is 0 Å². The fourth-order valence-electron chi connectivity index (χ4n) is 1.56. The van der Waals surface area contributed by atoms with Crippen molar-refractivity contribution in [2.24, 2.45) is 0 Å². The number of aryl methyl sites for hydroxylation is 1. The highest BCUT2D eigenvalue weighted by molar-refractivity contribution is 5.92. The summed E-state index contributed by atoms with van der Waals surface area (Å²) in [7, 11) is 0. The second kappa shape index (κ2) is 3.99. The third-order valence-corrected chi connectivity index (χ3v) is 2.41. The van der Waals surface area contributed by atoms with Crippen LogP contribution >= 0.6 is 0 Å². The smallest absolute Gasteiger partial charge is 0.351 e. The molecule has 0 aliphatic heterocycles. The minimum Gasteiger partial charge on any atom is -0.477 e. The normalized spacial score (nSPS) is 10.7. The number of aliphatic hydroxyl groups is 1. The van der Waals surface area contributed by atoms with Gasteiger partial charge in [-0.3, -0.25) is 4.98 Å². The number of carbonyl (C=O) groups is 1. The zero-order chi connectivity index (χ0) is 12.6. The van der Waals surface area contributed by atoms with Crippen LogP contribution < -0.4 is 5.63 Å². The van der Waals surface area contributed by atoms with Crippen molar-refractivity contribution in [1.29, 1.82) is 0 Å². The molecule has 0 saturated heterocycles. The zero-order valence-corrected chi connectivity index (χ0v) is 8.93. The molecule has 0 spiro atoms. The van der Waals surface area contributed by atoms with Crippen LogP contribution in [0, 0.1) is 6.92 Å². The van der Waals surface area contributed by atoms with E-state index < -0.39 is 17.2 Å². The van der Waals surface area contributed by atoms with E-state index in [1.165, 1.54) is 12.3 Å². The Hall–Kier alpha value is -2.21. The van der Waals surface area contributed by atoms with Crippen molar-refractivity contribution in [3.8, 4) is 0 Å². The molecule has 88 valence electrons. The fourth-order valence-corrected chi connectivity index (χ4v) is 1.56. The number of nitrogens with zero attached hydrogens (tertiary/aromatic N) is 1. The summed E-state index contributed by atoms with van der Waals surface area (Å²) in [6.07, 6.45) is 1.46. The van der Waals surface area contributed by atoms with Crippen LogP contribution in [0.2, 0.25) is 0 Å². The predicted octanol–water partition coefficient (Wildman–Crippen LogP) is 0.687. The molecule has 2 aromatic heterocycles. The number of aromatic nitrogens is 1. The first-order valence-electron chi connectivity index (χ1n) is 4.81. The van der Waals surface area contributed by atoms with Gasteiger partial charge in [0.2, 0.25) is 0 Å². The molecule has 0 saturated carbocycles. The number of rotatable bonds is 2. The highest BCUT2D eigenvalue weighted by Crippen LogP contribution is 2.20. The minimum atomic E-state index is -1.37. The lowest BCUT2D eigenvalue weighted by molar-refractivity contribution is 0.0692. The summed E-state index contributed by atoms with van der Waals surface area (Å²) in [6.45, 7) is 1.32. The molecule has 2 N–H and O–H groups in total. The summed E-state index contributed by atoms with van der Waals surface area (Å²) >= 11 is 0. The molecule has 6 heteroatoms. The monoisotopic (exact) mass is 235 g/mol. The van der Waals surface area contributed by atoms with Crippen molar-refractivity contribution in [2.45, 2.75) is 13.5 Å². The number of carboxylic acid groups (broad SMARTS) is 1. The van der Waals surface area contributed by atoms with Crippen LogP contribution in [0.1, 0.15) is 21.6 Å². The molecule has 6 nitrogen and oxygen atoms in total. The van der Waals surface area contributed by atoms with Gasteiger partial charge < -0.3 is 14.6 Å². The van der Waals surface area contributed by atoms with Crippen LogP contribution in [-0.4, -0.2) is 21.2 Å². The molecular weight excluding hydrogens is 226 g/mol. The SMILES string of the molecule is Cc1cnc(CO)c2cc(C(=O)O)c(=O)oc12. The van der Waals surface area contributed by atoms with Gasteiger partial charge in [-0.05, 0) is 13.0 Å². The highest BCUT2D eigenvalue weighted by Gasteiger charge is 2.15. The summed E-state index contributed by atoms with van der Waals surface area (Å²) in [4.78, 5) is 26.2. The Bertz CT molecular complexity index is 659. The molecule has 2 aromatic rings. The van der Waals surface area contributed by atoms with E-state index in [1.807, 2.05) is 0 Å². The van der Waals surface area contributed by atoms with E-state index in [1.54, 1.807) is 6.92 Å². The summed E-state index contributed by atoms with van der Waals surface area (Å²) < 4.78 is 4.94. The molecule has 0 aliphatic rings.